The molecule has 0 unspecified atom stereocenters. The van der Waals surface area contributed by atoms with Crippen molar-refractivity contribution in [2.45, 2.75) is 45.6 Å². The maximum atomic E-state index is 13.5. The lowest BCUT2D eigenvalue weighted by Crippen LogP contribution is -2.55. The van der Waals surface area contributed by atoms with E-state index in [1.807, 2.05) is 25.1 Å². The first-order chi connectivity index (χ1) is 19.3. The van der Waals surface area contributed by atoms with Gasteiger partial charge in [-0.1, -0.05) is 0 Å². The van der Waals surface area contributed by atoms with Crippen LogP contribution in [0.15, 0.2) is 46.1 Å². The summed E-state index contributed by atoms with van der Waals surface area (Å²) in [5, 5.41) is 7.96. The van der Waals surface area contributed by atoms with Gasteiger partial charge in [-0.2, -0.15) is 5.10 Å². The zero-order valence-corrected chi connectivity index (χ0v) is 22.9. The Bertz CT molecular complexity index is 1670. The molecule has 2 aliphatic rings. The van der Waals surface area contributed by atoms with E-state index in [4.69, 9.17) is 4.42 Å². The Morgan fingerprint density at radius 2 is 1.88 bits per heavy atom. The van der Waals surface area contributed by atoms with Crippen LogP contribution in [0.4, 0.5) is 16.3 Å². The van der Waals surface area contributed by atoms with Gasteiger partial charge in [-0.25, -0.2) is 24.1 Å². The van der Waals surface area contributed by atoms with Crippen LogP contribution in [0.25, 0.3) is 16.6 Å². The Morgan fingerprint density at radius 3 is 2.62 bits per heavy atom. The molecule has 2 aliphatic heterocycles. The summed E-state index contributed by atoms with van der Waals surface area (Å²) >= 11 is 0. The fraction of sp³-hybridized carbons (Fsp3) is 0.429. The predicted molar refractivity (Wildman–Crippen MR) is 150 cm³/mol. The van der Waals surface area contributed by atoms with Crippen molar-refractivity contribution in [1.29, 1.82) is 0 Å². The summed E-state index contributed by atoms with van der Waals surface area (Å²) in [5.74, 6) is 0.448. The van der Waals surface area contributed by atoms with E-state index >= 15 is 0 Å². The molecule has 2 fully saturated rings. The lowest BCUT2D eigenvalue weighted by Gasteiger charge is -2.37. The molecule has 12 heteroatoms. The molecule has 0 bridgehead atoms. The smallest absolute Gasteiger partial charge is 0.339 e. The molecule has 0 radical (unpaired) electrons. The molecule has 1 N–H and O–H groups in total. The summed E-state index contributed by atoms with van der Waals surface area (Å²) in [6.45, 7) is 8.91. The topological polar surface area (TPSA) is 129 Å². The van der Waals surface area contributed by atoms with Gasteiger partial charge in [0, 0.05) is 67.8 Å². The molecule has 1 spiro atoms. The molecule has 40 heavy (non-hydrogen) atoms. The Balaban J connectivity index is 1.17. The molecule has 3 aromatic heterocycles. The van der Waals surface area contributed by atoms with Crippen molar-refractivity contribution in [1.82, 2.24) is 29.8 Å². The molecule has 1 aromatic carbocycles. The molecule has 12 nitrogen and oxygen atoms in total. The Kier molecular flexibility index (Phi) is 6.40. The summed E-state index contributed by atoms with van der Waals surface area (Å²) in [4.78, 5) is 53.7. The second kappa shape index (κ2) is 9.92. The number of piperidine rings is 1. The number of carbonyl (C=O) groups excluding carboxylic acids is 2. The van der Waals surface area contributed by atoms with E-state index in [0.717, 1.165) is 29.7 Å². The summed E-state index contributed by atoms with van der Waals surface area (Å²) in [6.07, 6.45) is 5.99. The predicted octanol–water partition coefficient (Wildman–Crippen LogP) is 2.52. The third kappa shape index (κ3) is 4.14. The van der Waals surface area contributed by atoms with Gasteiger partial charge < -0.3 is 19.5 Å². The highest BCUT2D eigenvalue weighted by Gasteiger charge is 2.52. The molecule has 0 saturated carbocycles. The van der Waals surface area contributed by atoms with Gasteiger partial charge in [-0.05, 0) is 57.7 Å². The Hall–Kier alpha value is -4.48. The van der Waals surface area contributed by atoms with Crippen molar-refractivity contribution >= 4 is 40.1 Å². The number of aromatic nitrogens is 4. The molecule has 0 aliphatic carbocycles. The molecule has 208 valence electrons. The number of nitrogens with zero attached hydrogens (tertiary/aromatic N) is 7. The maximum Gasteiger partial charge on any atom is 0.339 e. The number of nitrogens with one attached hydrogen (secondary N) is 1. The number of amides is 3. The molecule has 6 rings (SSSR count). The van der Waals surface area contributed by atoms with E-state index in [-0.39, 0.29) is 18.9 Å². The molecule has 2 saturated heterocycles. The first-order valence-corrected chi connectivity index (χ1v) is 13.7. The minimum atomic E-state index is -0.962. The minimum Gasteiger partial charge on any atom is -0.422 e. The largest absolute Gasteiger partial charge is 0.422 e. The molecule has 5 heterocycles. The quantitative estimate of drug-likeness (QED) is 0.276. The number of fused-ring (bicyclic) bond motifs is 2. The van der Waals surface area contributed by atoms with E-state index in [1.54, 1.807) is 16.9 Å². The van der Waals surface area contributed by atoms with Crippen molar-refractivity contribution in [2.75, 3.05) is 42.5 Å². The number of anilines is 2. The normalized spacial score (nSPS) is 16.9. The Morgan fingerprint density at radius 1 is 1.10 bits per heavy atom. The summed E-state index contributed by atoms with van der Waals surface area (Å²) < 4.78 is 7.36. The fourth-order valence-corrected chi connectivity index (χ4v) is 5.97. The van der Waals surface area contributed by atoms with E-state index < -0.39 is 17.2 Å². The molecular weight excluding hydrogens is 512 g/mol. The lowest BCUT2D eigenvalue weighted by atomic mass is 9.87. The van der Waals surface area contributed by atoms with Crippen LogP contribution < -0.4 is 20.7 Å². The van der Waals surface area contributed by atoms with Crippen molar-refractivity contribution in [3.8, 4) is 0 Å². The summed E-state index contributed by atoms with van der Waals surface area (Å²) in [6, 6.07) is 5.46. The highest BCUT2D eigenvalue weighted by atomic mass is 16.4. The maximum absolute atomic E-state index is 13.5. The van der Waals surface area contributed by atoms with E-state index in [2.05, 4.69) is 44.0 Å². The van der Waals surface area contributed by atoms with Crippen LogP contribution in [0.1, 0.15) is 37.8 Å². The van der Waals surface area contributed by atoms with Crippen molar-refractivity contribution in [3.05, 3.63) is 58.5 Å². The monoisotopic (exact) mass is 544 g/mol. The number of hydrogen-bond donors (Lipinski definition) is 1. The average Bonchev–Trinajstić information content (AvgIpc) is 3.52. The van der Waals surface area contributed by atoms with Crippen molar-refractivity contribution < 1.29 is 14.0 Å². The zero-order valence-electron chi connectivity index (χ0n) is 22.9. The third-order valence-corrected chi connectivity index (χ3v) is 8.33. The van der Waals surface area contributed by atoms with Crippen LogP contribution in [0, 0.1) is 6.92 Å². The summed E-state index contributed by atoms with van der Waals surface area (Å²) in [7, 11) is 0. The number of benzene rings is 1. The van der Waals surface area contributed by atoms with E-state index in [0.29, 0.717) is 48.5 Å². The average molecular weight is 545 g/mol. The van der Waals surface area contributed by atoms with Crippen molar-refractivity contribution in [2.24, 2.45) is 0 Å². The van der Waals surface area contributed by atoms with Gasteiger partial charge >= 0.3 is 11.7 Å². The van der Waals surface area contributed by atoms with Crippen LogP contribution >= 0.6 is 0 Å². The lowest BCUT2D eigenvalue weighted by molar-refractivity contribution is -0.132. The van der Waals surface area contributed by atoms with Crippen LogP contribution in [-0.4, -0.2) is 74.7 Å². The van der Waals surface area contributed by atoms with Gasteiger partial charge in [0.05, 0.1) is 0 Å². The van der Waals surface area contributed by atoms with Crippen LogP contribution in [-0.2, 0) is 11.2 Å². The van der Waals surface area contributed by atoms with Gasteiger partial charge in [0.2, 0.25) is 0 Å². The Labute approximate surface area is 230 Å². The second-order valence-electron chi connectivity index (χ2n) is 10.3. The van der Waals surface area contributed by atoms with Crippen LogP contribution in [0.5, 0.6) is 0 Å². The highest BCUT2D eigenvalue weighted by molar-refractivity contribution is 6.07. The molecular formula is C28H32N8O4. The summed E-state index contributed by atoms with van der Waals surface area (Å²) in [5.41, 5.74) is 2.07. The van der Waals surface area contributed by atoms with Crippen molar-refractivity contribution in [3.63, 3.8) is 0 Å². The number of aryl methyl sites for hydroxylation is 1. The second-order valence-corrected chi connectivity index (χ2v) is 10.3. The third-order valence-electron chi connectivity index (χ3n) is 8.33. The molecule has 0 atom stereocenters. The highest BCUT2D eigenvalue weighted by Crippen LogP contribution is 2.32. The van der Waals surface area contributed by atoms with E-state index in [1.165, 1.54) is 11.2 Å². The number of carbonyl (C=O) groups is 2. The first kappa shape index (κ1) is 25.8. The standard InChI is InChI=1S/C28H32N8O4/c1-4-33(5-2)19-6-7-20-18(3)21(25(37)40-22(20)16-19)8-12-35-26(38)28(32-27(35)39)9-13-34(14-10-28)23-24-30-17-31-36(24)15-11-29-23/h6-7,11,15-17H,4-5,8-10,12-14H2,1-3H3,(H,32,39). The SMILES string of the molecule is CCN(CC)c1ccc2c(C)c(CCN3C(=O)NC4(CCN(c5nccn6ncnc56)CC4)C3=O)c(=O)oc2c1. The minimum absolute atomic E-state index is 0.103. The van der Waals surface area contributed by atoms with E-state index in [9.17, 15) is 14.4 Å². The first-order valence-electron chi connectivity index (χ1n) is 13.7. The fourth-order valence-electron chi connectivity index (χ4n) is 5.97. The van der Waals surface area contributed by atoms with Gasteiger partial charge in [-0.3, -0.25) is 9.69 Å². The number of imide groups is 1. The van der Waals surface area contributed by atoms with Gasteiger partial charge in [0.1, 0.15) is 17.4 Å². The number of hydrogen-bond acceptors (Lipinski definition) is 9. The number of rotatable bonds is 7. The van der Waals surface area contributed by atoms with Crippen LogP contribution in [0.3, 0.4) is 0 Å². The number of urea groups is 1. The molecule has 4 aromatic rings. The molecule has 3 amide bonds. The zero-order chi connectivity index (χ0) is 28.0. The van der Waals surface area contributed by atoms with Gasteiger partial charge in [-0.15, -0.1) is 0 Å². The van der Waals surface area contributed by atoms with Gasteiger partial charge in [0.15, 0.2) is 11.5 Å². The van der Waals surface area contributed by atoms with Crippen LogP contribution in [0.2, 0.25) is 0 Å². The van der Waals surface area contributed by atoms with Gasteiger partial charge in [0.25, 0.3) is 5.91 Å².